The van der Waals surface area contributed by atoms with Crippen LogP contribution in [0.4, 0.5) is 0 Å². The number of esters is 1. The lowest BCUT2D eigenvalue weighted by molar-refractivity contribution is -0.159. The molecule has 6 nitrogen and oxygen atoms in total. The van der Waals surface area contributed by atoms with Crippen LogP contribution >= 0.6 is 0 Å². The van der Waals surface area contributed by atoms with Crippen LogP contribution in [0.5, 0.6) is 0 Å². The Bertz CT molecular complexity index is 549. The fourth-order valence-corrected chi connectivity index (χ4v) is 3.70. The maximum Gasteiger partial charge on any atom is 0.329 e. The third-order valence-electron chi connectivity index (χ3n) is 3.88. The second-order valence-corrected chi connectivity index (χ2v) is 10.7. The van der Waals surface area contributed by atoms with E-state index in [1.165, 1.54) is 0 Å². The van der Waals surface area contributed by atoms with E-state index in [2.05, 4.69) is 5.32 Å². The number of nitrogens with one attached hydrogen (secondary N) is 1. The van der Waals surface area contributed by atoms with Crippen molar-refractivity contribution in [3.63, 3.8) is 0 Å². The Kier molecular flexibility index (Phi) is 10.4. The minimum Gasteiger partial charge on any atom is -0.458 e. The Morgan fingerprint density at radius 2 is 1.69 bits per heavy atom. The Balaban J connectivity index is 5.27. The van der Waals surface area contributed by atoms with Gasteiger partial charge in [0.25, 0.3) is 0 Å². The van der Waals surface area contributed by atoms with E-state index in [1.807, 2.05) is 20.8 Å². The van der Waals surface area contributed by atoms with Crippen molar-refractivity contribution in [1.29, 1.82) is 0 Å². The van der Waals surface area contributed by atoms with Crippen molar-refractivity contribution in [2.24, 2.45) is 11.8 Å². The molecule has 26 heavy (non-hydrogen) atoms. The van der Waals surface area contributed by atoms with E-state index in [-0.39, 0.29) is 23.3 Å². The quantitative estimate of drug-likeness (QED) is 0.547. The minimum atomic E-state index is -3.29. The molecule has 1 unspecified atom stereocenters. The molecule has 0 aliphatic rings. The van der Waals surface area contributed by atoms with E-state index < -0.39 is 33.4 Å². The second-order valence-electron chi connectivity index (χ2n) is 8.26. The molecule has 0 aromatic carbocycles. The minimum absolute atomic E-state index is 0.000203. The molecule has 1 amide bonds. The molecule has 7 heteroatoms. The monoisotopic (exact) mass is 391 g/mol. The van der Waals surface area contributed by atoms with Gasteiger partial charge in [-0.3, -0.25) is 4.79 Å². The smallest absolute Gasteiger partial charge is 0.329 e. The van der Waals surface area contributed by atoms with Gasteiger partial charge in [0.15, 0.2) is 9.84 Å². The summed E-state index contributed by atoms with van der Waals surface area (Å²) in [4.78, 5) is 25.2. The van der Waals surface area contributed by atoms with Crippen molar-refractivity contribution < 1.29 is 22.7 Å². The van der Waals surface area contributed by atoms with Crippen LogP contribution in [0.15, 0.2) is 0 Å². The summed E-state index contributed by atoms with van der Waals surface area (Å²) in [5, 5.41) is 2.75. The van der Waals surface area contributed by atoms with Gasteiger partial charge in [0, 0.05) is 5.75 Å². The van der Waals surface area contributed by atoms with Gasteiger partial charge in [0.1, 0.15) is 11.6 Å². The number of hydrogen-bond donors (Lipinski definition) is 1. The van der Waals surface area contributed by atoms with Gasteiger partial charge < -0.3 is 10.1 Å². The molecular weight excluding hydrogens is 354 g/mol. The molecule has 1 N–H and O–H groups in total. The molecule has 0 saturated carbocycles. The Morgan fingerprint density at radius 1 is 1.12 bits per heavy atom. The van der Waals surface area contributed by atoms with Crippen molar-refractivity contribution >= 4 is 21.7 Å². The van der Waals surface area contributed by atoms with E-state index in [0.717, 1.165) is 12.8 Å². The molecule has 0 aliphatic heterocycles. The first-order chi connectivity index (χ1) is 11.8. The lowest BCUT2D eigenvalue weighted by atomic mass is 9.97. The van der Waals surface area contributed by atoms with Crippen LogP contribution in [0.1, 0.15) is 74.1 Å². The van der Waals surface area contributed by atoms with E-state index in [1.54, 1.807) is 27.7 Å². The molecule has 0 rings (SSSR count). The topological polar surface area (TPSA) is 89.5 Å². The third-order valence-corrected chi connectivity index (χ3v) is 5.67. The normalized spacial score (nSPS) is 14.8. The van der Waals surface area contributed by atoms with Crippen LogP contribution in [0, 0.1) is 11.8 Å². The van der Waals surface area contributed by atoms with Gasteiger partial charge >= 0.3 is 5.97 Å². The van der Waals surface area contributed by atoms with Gasteiger partial charge in [0.2, 0.25) is 5.91 Å². The fourth-order valence-electron chi connectivity index (χ4n) is 2.56. The van der Waals surface area contributed by atoms with Crippen molar-refractivity contribution in [3.05, 3.63) is 0 Å². The summed E-state index contributed by atoms with van der Waals surface area (Å²) in [6.07, 6.45) is 2.59. The van der Waals surface area contributed by atoms with Gasteiger partial charge in [-0.15, -0.1) is 0 Å². The summed E-state index contributed by atoms with van der Waals surface area (Å²) in [6, 6.07) is -0.749. The van der Waals surface area contributed by atoms with Crippen LogP contribution in [0.3, 0.4) is 0 Å². The molecule has 0 spiro atoms. The molecular formula is C19H37NO5S. The van der Waals surface area contributed by atoms with Crippen molar-refractivity contribution in [1.82, 2.24) is 5.32 Å². The lowest BCUT2D eigenvalue weighted by Gasteiger charge is -2.26. The number of sulfone groups is 1. The van der Waals surface area contributed by atoms with E-state index in [4.69, 9.17) is 4.74 Å². The molecule has 0 aromatic heterocycles. The third kappa shape index (κ3) is 10.8. The average molecular weight is 392 g/mol. The van der Waals surface area contributed by atoms with E-state index in [0.29, 0.717) is 12.8 Å². The average Bonchev–Trinajstić information content (AvgIpc) is 2.48. The summed E-state index contributed by atoms with van der Waals surface area (Å²) < 4.78 is 29.4. The molecule has 0 bridgehead atoms. The highest BCUT2D eigenvalue weighted by atomic mass is 32.2. The molecule has 2 atom stereocenters. The summed E-state index contributed by atoms with van der Waals surface area (Å²) in [5.74, 6) is -1.54. The van der Waals surface area contributed by atoms with Crippen LogP contribution in [-0.4, -0.2) is 43.4 Å². The molecule has 0 radical (unpaired) electrons. The number of hydrogen-bond acceptors (Lipinski definition) is 5. The largest absolute Gasteiger partial charge is 0.458 e. The van der Waals surface area contributed by atoms with E-state index >= 15 is 0 Å². The van der Waals surface area contributed by atoms with Gasteiger partial charge in [-0.05, 0) is 39.5 Å². The standard InChI is InChI=1S/C19H37NO5S/c1-8-10-11-16(18(22)25-19(5,6)7)20-17(21)15(12-14(3)4)13-26(23,24)9-2/h14-16H,8-13H2,1-7H3,(H,20,21)/t15?,16-/m0/s1. The maximum absolute atomic E-state index is 12.7. The zero-order chi connectivity index (χ0) is 20.5. The number of unbranched alkanes of at least 4 members (excludes halogenated alkanes) is 1. The highest BCUT2D eigenvalue weighted by molar-refractivity contribution is 7.91. The summed E-state index contributed by atoms with van der Waals surface area (Å²) in [7, 11) is -3.29. The summed E-state index contributed by atoms with van der Waals surface area (Å²) in [6.45, 7) is 12.8. The molecule has 0 aromatic rings. The maximum atomic E-state index is 12.7. The van der Waals surface area contributed by atoms with Gasteiger partial charge in [-0.1, -0.05) is 40.5 Å². The highest BCUT2D eigenvalue weighted by Gasteiger charge is 2.31. The first-order valence-corrected chi connectivity index (χ1v) is 11.4. The predicted octanol–water partition coefficient (Wildman–Crippen LogP) is 3.10. The Labute approximate surface area is 159 Å². The van der Waals surface area contributed by atoms with Crippen LogP contribution in [0.25, 0.3) is 0 Å². The molecule has 0 aliphatic carbocycles. The van der Waals surface area contributed by atoms with Crippen LogP contribution < -0.4 is 5.32 Å². The number of amides is 1. The number of carbonyl (C=O) groups is 2. The first-order valence-electron chi connectivity index (χ1n) is 9.55. The molecule has 0 fully saturated rings. The Morgan fingerprint density at radius 3 is 2.12 bits per heavy atom. The number of carbonyl (C=O) groups excluding carboxylic acids is 2. The first kappa shape index (κ1) is 24.9. The number of rotatable bonds is 11. The predicted molar refractivity (Wildman–Crippen MR) is 105 cm³/mol. The SMILES string of the molecule is CCCC[C@H](NC(=O)C(CC(C)C)CS(=O)(=O)CC)C(=O)OC(C)(C)C. The van der Waals surface area contributed by atoms with Crippen LogP contribution in [-0.2, 0) is 24.2 Å². The zero-order valence-corrected chi connectivity index (χ0v) is 18.2. The highest BCUT2D eigenvalue weighted by Crippen LogP contribution is 2.17. The van der Waals surface area contributed by atoms with E-state index in [9.17, 15) is 18.0 Å². The molecule has 0 saturated heterocycles. The van der Waals surface area contributed by atoms with Crippen LogP contribution in [0.2, 0.25) is 0 Å². The number of ether oxygens (including phenoxy) is 1. The second kappa shape index (κ2) is 10.9. The summed E-state index contributed by atoms with van der Waals surface area (Å²) in [5.41, 5.74) is -0.644. The van der Waals surface area contributed by atoms with Gasteiger partial charge in [-0.25, -0.2) is 13.2 Å². The summed E-state index contributed by atoms with van der Waals surface area (Å²) >= 11 is 0. The molecule has 0 heterocycles. The van der Waals surface area contributed by atoms with Crippen molar-refractivity contribution in [2.45, 2.75) is 85.8 Å². The van der Waals surface area contributed by atoms with Crippen molar-refractivity contribution in [3.8, 4) is 0 Å². The zero-order valence-electron chi connectivity index (χ0n) is 17.4. The van der Waals surface area contributed by atoms with Gasteiger partial charge in [0.05, 0.1) is 11.7 Å². The molecule has 154 valence electrons. The van der Waals surface area contributed by atoms with Crippen molar-refractivity contribution in [2.75, 3.05) is 11.5 Å². The Hall–Kier alpha value is -1.11. The van der Waals surface area contributed by atoms with Gasteiger partial charge in [-0.2, -0.15) is 0 Å². The fraction of sp³-hybridized carbons (Fsp3) is 0.895. The lowest BCUT2D eigenvalue weighted by Crippen LogP contribution is -2.47.